The van der Waals surface area contributed by atoms with Crippen molar-refractivity contribution in [1.29, 1.82) is 0 Å². The fraction of sp³-hybridized carbons (Fsp3) is 0.929. The molecule has 4 fully saturated rings. The van der Waals surface area contributed by atoms with Crippen molar-refractivity contribution in [2.75, 3.05) is 6.54 Å². The van der Waals surface area contributed by atoms with Gasteiger partial charge in [-0.1, -0.05) is 27.2 Å². The molecule has 4 aliphatic carbocycles. The summed E-state index contributed by atoms with van der Waals surface area (Å²) in [6.07, 6.45) is 9.64. The molecule has 2 unspecified atom stereocenters. The lowest BCUT2D eigenvalue weighted by Gasteiger charge is -2.62. The monoisotopic (exact) mass is 461 g/mol. The molecule has 0 aromatic rings. The number of fused-ring (bicyclic) bond motifs is 5. The number of nitrogens with one attached hydrogen (secondary N) is 1. The number of Topliss-reactive ketones (excluding diaryl/α,β-unsaturated/α-hetero) is 1. The highest BCUT2D eigenvalue weighted by Gasteiger charge is 2.63. The van der Waals surface area contributed by atoms with Crippen molar-refractivity contribution in [3.63, 3.8) is 0 Å². The number of ketones is 1. The fourth-order valence-corrected chi connectivity index (χ4v) is 9.10. The Bertz CT molecular complexity index is 739. The van der Waals surface area contributed by atoms with E-state index in [2.05, 4.69) is 33.0 Å². The molecule has 0 aliphatic heterocycles. The Morgan fingerprint density at radius 2 is 1.85 bits per heavy atom. The van der Waals surface area contributed by atoms with Gasteiger partial charge >= 0.3 is 5.97 Å². The summed E-state index contributed by atoms with van der Waals surface area (Å²) in [5.41, 5.74) is 0.0539. The third kappa shape index (κ3) is 4.42. The van der Waals surface area contributed by atoms with Gasteiger partial charge in [0.2, 0.25) is 0 Å². The molecule has 0 spiro atoms. The fourth-order valence-electron chi connectivity index (χ4n) is 9.10. The molecule has 0 radical (unpaired) electrons. The average molecular weight is 462 g/mol. The van der Waals surface area contributed by atoms with Crippen LogP contribution in [0.1, 0.15) is 98.8 Å². The summed E-state index contributed by atoms with van der Waals surface area (Å²) in [5, 5.41) is 14.0. The highest BCUT2D eigenvalue weighted by molar-refractivity contribution is 5.79. The Kier molecular flexibility index (Phi) is 7.32. The normalized spacial score (nSPS) is 45.5. The van der Waals surface area contributed by atoms with Crippen molar-refractivity contribution in [3.8, 4) is 0 Å². The first-order chi connectivity index (χ1) is 15.6. The molecule has 4 rings (SSSR count). The van der Waals surface area contributed by atoms with Gasteiger partial charge in [0.25, 0.3) is 0 Å². The highest BCUT2D eigenvalue weighted by Crippen LogP contribution is 2.67. The van der Waals surface area contributed by atoms with E-state index in [-0.39, 0.29) is 41.5 Å². The van der Waals surface area contributed by atoms with Crippen molar-refractivity contribution < 1.29 is 19.4 Å². The maximum absolute atomic E-state index is 12.9. The number of carbonyl (C=O) groups excluding carboxylic acids is 2. The molecule has 0 bridgehead atoms. The molecule has 0 aromatic carbocycles. The van der Waals surface area contributed by atoms with Crippen molar-refractivity contribution in [1.82, 2.24) is 5.32 Å². The zero-order valence-corrected chi connectivity index (χ0v) is 21.6. The van der Waals surface area contributed by atoms with Crippen LogP contribution >= 0.6 is 0 Å². The number of rotatable bonds is 7. The highest BCUT2D eigenvalue weighted by atomic mass is 16.5. The molecule has 2 N–H and O–H groups in total. The lowest BCUT2D eigenvalue weighted by Crippen LogP contribution is -2.60. The largest absolute Gasteiger partial charge is 0.461 e. The molecule has 0 saturated heterocycles. The van der Waals surface area contributed by atoms with Crippen LogP contribution < -0.4 is 5.32 Å². The summed E-state index contributed by atoms with van der Waals surface area (Å²) in [4.78, 5) is 25.3. The molecule has 5 heteroatoms. The zero-order valence-electron chi connectivity index (χ0n) is 21.6. The Morgan fingerprint density at radius 3 is 2.55 bits per heavy atom. The standard InChI is InChI=1S/C28H47NO4/c1-6-7-17(2)29-16-26(32)33-25-15-20(31)14-19-8-9-21-23-11-10-22(18(3)30)27(23,4)13-12-24(21)28(19,25)5/h17,19-25,29,31H,6-16H2,1-5H3/t17?,19-,20-,21-,22+,23-,24-,25?,27+,28-/m0/s1. The van der Waals surface area contributed by atoms with E-state index in [0.29, 0.717) is 41.9 Å². The van der Waals surface area contributed by atoms with E-state index in [4.69, 9.17) is 4.74 Å². The van der Waals surface area contributed by atoms with Crippen LogP contribution in [0.3, 0.4) is 0 Å². The minimum atomic E-state index is -0.383. The maximum atomic E-state index is 12.9. The Hall–Kier alpha value is -0.940. The first kappa shape index (κ1) is 25.2. The van der Waals surface area contributed by atoms with Gasteiger partial charge in [-0.25, -0.2) is 0 Å². The van der Waals surface area contributed by atoms with Crippen LogP contribution in [-0.4, -0.2) is 41.7 Å². The minimum Gasteiger partial charge on any atom is -0.461 e. The number of carbonyl (C=O) groups is 2. The van der Waals surface area contributed by atoms with E-state index in [9.17, 15) is 14.7 Å². The Morgan fingerprint density at radius 1 is 1.09 bits per heavy atom. The third-order valence-electron chi connectivity index (χ3n) is 10.8. The van der Waals surface area contributed by atoms with Crippen LogP contribution in [-0.2, 0) is 14.3 Å². The second kappa shape index (κ2) is 9.60. The molecular weight excluding hydrogens is 414 g/mol. The second-order valence-electron chi connectivity index (χ2n) is 12.5. The van der Waals surface area contributed by atoms with E-state index < -0.39 is 0 Å². The van der Waals surface area contributed by atoms with Gasteiger partial charge in [-0.05, 0) is 94.3 Å². The molecule has 188 valence electrons. The molecular formula is C28H47NO4. The van der Waals surface area contributed by atoms with E-state index in [1.807, 2.05) is 0 Å². The third-order valence-corrected chi connectivity index (χ3v) is 10.8. The van der Waals surface area contributed by atoms with Gasteiger partial charge < -0.3 is 15.2 Å². The van der Waals surface area contributed by atoms with Crippen LogP contribution in [0.25, 0.3) is 0 Å². The number of aliphatic hydroxyl groups is 1. The van der Waals surface area contributed by atoms with Gasteiger partial charge in [0.05, 0.1) is 12.6 Å². The van der Waals surface area contributed by atoms with Crippen LogP contribution in [0.2, 0.25) is 0 Å². The zero-order chi connectivity index (χ0) is 24.0. The van der Waals surface area contributed by atoms with E-state index in [0.717, 1.165) is 51.4 Å². The van der Waals surface area contributed by atoms with Gasteiger partial charge in [0.1, 0.15) is 11.9 Å². The summed E-state index contributed by atoms with van der Waals surface area (Å²) in [6, 6.07) is 0.300. The van der Waals surface area contributed by atoms with E-state index in [1.54, 1.807) is 6.92 Å². The van der Waals surface area contributed by atoms with Crippen LogP contribution in [0.4, 0.5) is 0 Å². The van der Waals surface area contributed by atoms with Crippen LogP contribution in [0, 0.1) is 40.4 Å². The summed E-state index contributed by atoms with van der Waals surface area (Å²) in [5.74, 6) is 2.52. The summed E-state index contributed by atoms with van der Waals surface area (Å²) < 4.78 is 6.19. The lowest BCUT2D eigenvalue weighted by molar-refractivity contribution is -0.202. The molecule has 4 saturated carbocycles. The molecule has 10 atom stereocenters. The van der Waals surface area contributed by atoms with Crippen molar-refractivity contribution in [2.24, 2.45) is 40.4 Å². The Balaban J connectivity index is 1.52. The quantitative estimate of drug-likeness (QED) is 0.528. The predicted octanol–water partition coefficient (Wildman–Crippen LogP) is 4.90. The van der Waals surface area contributed by atoms with E-state index in [1.165, 1.54) is 6.42 Å². The molecule has 0 amide bonds. The number of hydrogen-bond donors (Lipinski definition) is 2. The minimum absolute atomic E-state index is 0.0809. The van der Waals surface area contributed by atoms with Gasteiger partial charge in [0.15, 0.2) is 0 Å². The molecule has 0 heterocycles. The van der Waals surface area contributed by atoms with E-state index >= 15 is 0 Å². The van der Waals surface area contributed by atoms with Gasteiger partial charge in [-0.3, -0.25) is 9.59 Å². The molecule has 0 aromatic heterocycles. The van der Waals surface area contributed by atoms with Gasteiger partial charge in [0, 0.05) is 23.8 Å². The molecule has 4 aliphatic rings. The average Bonchev–Trinajstić information content (AvgIpc) is 3.11. The smallest absolute Gasteiger partial charge is 0.320 e. The molecule has 33 heavy (non-hydrogen) atoms. The number of hydrogen-bond acceptors (Lipinski definition) is 5. The molecule has 5 nitrogen and oxygen atoms in total. The summed E-state index contributed by atoms with van der Waals surface area (Å²) >= 11 is 0. The summed E-state index contributed by atoms with van der Waals surface area (Å²) in [7, 11) is 0. The predicted molar refractivity (Wildman–Crippen MR) is 130 cm³/mol. The first-order valence-corrected chi connectivity index (χ1v) is 13.7. The van der Waals surface area contributed by atoms with Crippen molar-refractivity contribution in [2.45, 2.75) is 117 Å². The number of ether oxygens (including phenoxy) is 1. The first-order valence-electron chi connectivity index (χ1n) is 13.7. The van der Waals surface area contributed by atoms with Crippen molar-refractivity contribution >= 4 is 11.8 Å². The topological polar surface area (TPSA) is 75.6 Å². The lowest BCUT2D eigenvalue weighted by atomic mass is 9.44. The van der Waals surface area contributed by atoms with Gasteiger partial charge in [-0.15, -0.1) is 0 Å². The van der Waals surface area contributed by atoms with Crippen molar-refractivity contribution in [3.05, 3.63) is 0 Å². The number of aliphatic hydroxyl groups excluding tert-OH is 1. The van der Waals surface area contributed by atoms with Crippen LogP contribution in [0.5, 0.6) is 0 Å². The van der Waals surface area contributed by atoms with Crippen LogP contribution in [0.15, 0.2) is 0 Å². The Labute approximate surface area is 200 Å². The SMILES string of the molecule is CCCC(C)NCC(=O)OC1C[C@@H](O)C[C@@H]2CC[C@H]3[C@@H]4CC[C@H](C(C)=O)[C@@]4(C)CC[C@@H]3[C@@]12C. The summed E-state index contributed by atoms with van der Waals surface area (Å²) in [6.45, 7) is 11.0. The van der Waals surface area contributed by atoms with Gasteiger partial charge in [-0.2, -0.15) is 0 Å². The maximum Gasteiger partial charge on any atom is 0.320 e. The number of esters is 1. The second-order valence-corrected chi connectivity index (χ2v) is 12.5.